The van der Waals surface area contributed by atoms with Gasteiger partial charge in [-0.05, 0) is 28.1 Å². The number of halogens is 2. The van der Waals surface area contributed by atoms with Crippen molar-refractivity contribution in [3.05, 3.63) is 28.0 Å². The summed E-state index contributed by atoms with van der Waals surface area (Å²) >= 11 is 8.70. The second-order valence-corrected chi connectivity index (χ2v) is 2.71. The van der Waals surface area contributed by atoms with Gasteiger partial charge in [-0.1, -0.05) is 11.6 Å². The first-order valence-electron chi connectivity index (χ1n) is 2.55. The third-order valence-electron chi connectivity index (χ3n) is 0.691. The van der Waals surface area contributed by atoms with E-state index in [9.17, 15) is 0 Å². The lowest BCUT2D eigenvalue weighted by atomic mass is 10.5. The summed E-state index contributed by atoms with van der Waals surface area (Å²) in [7, 11) is 0. The molecule has 60 valence electrons. The topological polar surface area (TPSA) is 50.2 Å². The third-order valence-corrected chi connectivity index (χ3v) is 1.38. The van der Waals surface area contributed by atoms with Gasteiger partial charge in [0.2, 0.25) is 0 Å². The van der Waals surface area contributed by atoms with E-state index >= 15 is 0 Å². The van der Waals surface area contributed by atoms with E-state index in [2.05, 4.69) is 20.9 Å². The first kappa shape index (κ1) is 10.4. The molecule has 1 aromatic heterocycles. The van der Waals surface area contributed by atoms with Gasteiger partial charge in [-0.15, -0.1) is 0 Å². The van der Waals surface area contributed by atoms with Crippen molar-refractivity contribution in [3.63, 3.8) is 0 Å². The number of pyridine rings is 1. The fraction of sp³-hybridized carbons (Fsp3) is 0. The predicted molar refractivity (Wildman–Crippen MR) is 45.6 cm³/mol. The van der Waals surface area contributed by atoms with Gasteiger partial charge in [0.05, 0.1) is 0 Å². The standard InChI is InChI=1S/C5H3BrClN.CH2O2/c6-4-1-2-5(7)8-3-4;2-1-3/h1-3H;1H,(H,2,3). The van der Waals surface area contributed by atoms with Crippen LogP contribution in [0, 0.1) is 0 Å². The van der Waals surface area contributed by atoms with Gasteiger partial charge in [0.1, 0.15) is 5.15 Å². The fourth-order valence-electron chi connectivity index (χ4n) is 0.358. The second kappa shape index (κ2) is 6.12. The van der Waals surface area contributed by atoms with Crippen LogP contribution in [0.4, 0.5) is 0 Å². The Labute approximate surface area is 77.1 Å². The van der Waals surface area contributed by atoms with Crippen molar-refractivity contribution >= 4 is 34.0 Å². The predicted octanol–water partition coefficient (Wildman–Crippen LogP) is 2.20. The second-order valence-electron chi connectivity index (χ2n) is 1.40. The Bertz CT molecular complexity index is 193. The Kier molecular flexibility index (Phi) is 5.78. The molecule has 11 heavy (non-hydrogen) atoms. The maximum atomic E-state index is 8.36. The lowest BCUT2D eigenvalue weighted by molar-refractivity contribution is -0.122. The van der Waals surface area contributed by atoms with Crippen molar-refractivity contribution in [2.24, 2.45) is 0 Å². The zero-order valence-corrected chi connectivity index (χ0v) is 7.71. The summed E-state index contributed by atoms with van der Waals surface area (Å²) in [6.45, 7) is -0.250. The van der Waals surface area contributed by atoms with E-state index in [4.69, 9.17) is 21.5 Å². The number of carbonyl (C=O) groups is 1. The van der Waals surface area contributed by atoms with Gasteiger partial charge in [0.15, 0.2) is 0 Å². The van der Waals surface area contributed by atoms with Crippen LogP contribution in [0.5, 0.6) is 0 Å². The molecule has 1 aromatic rings. The van der Waals surface area contributed by atoms with Crippen LogP contribution in [0.15, 0.2) is 22.8 Å². The van der Waals surface area contributed by atoms with Gasteiger partial charge in [0, 0.05) is 10.7 Å². The molecule has 0 saturated heterocycles. The van der Waals surface area contributed by atoms with Crippen LogP contribution in [0.2, 0.25) is 5.15 Å². The van der Waals surface area contributed by atoms with Crippen LogP contribution >= 0.6 is 27.5 Å². The number of aromatic nitrogens is 1. The Balaban J connectivity index is 0.000000292. The SMILES string of the molecule is Clc1ccc(Br)cn1.O=CO. The minimum Gasteiger partial charge on any atom is -0.483 e. The van der Waals surface area contributed by atoms with Crippen LogP contribution in [-0.2, 0) is 4.79 Å². The van der Waals surface area contributed by atoms with Crippen LogP contribution in [-0.4, -0.2) is 16.6 Å². The molecule has 0 aliphatic rings. The zero-order valence-electron chi connectivity index (χ0n) is 5.37. The van der Waals surface area contributed by atoms with Crippen molar-refractivity contribution in [2.75, 3.05) is 0 Å². The van der Waals surface area contributed by atoms with Crippen molar-refractivity contribution < 1.29 is 9.90 Å². The van der Waals surface area contributed by atoms with Crippen LogP contribution in [0.3, 0.4) is 0 Å². The average Bonchev–Trinajstić information content (AvgIpc) is 1.97. The Hall–Kier alpha value is -0.610. The number of hydrogen-bond acceptors (Lipinski definition) is 2. The highest BCUT2D eigenvalue weighted by Crippen LogP contribution is 2.09. The maximum Gasteiger partial charge on any atom is 0.290 e. The van der Waals surface area contributed by atoms with Gasteiger partial charge in [0.25, 0.3) is 6.47 Å². The van der Waals surface area contributed by atoms with Gasteiger partial charge >= 0.3 is 0 Å². The molecule has 0 spiro atoms. The van der Waals surface area contributed by atoms with E-state index < -0.39 is 0 Å². The summed E-state index contributed by atoms with van der Waals surface area (Å²) in [5, 5.41) is 7.41. The van der Waals surface area contributed by atoms with Crippen LogP contribution < -0.4 is 0 Å². The summed E-state index contributed by atoms with van der Waals surface area (Å²) in [4.78, 5) is 12.2. The number of carboxylic acid groups (broad SMARTS) is 1. The Morgan fingerprint density at radius 2 is 2.18 bits per heavy atom. The van der Waals surface area contributed by atoms with E-state index in [-0.39, 0.29) is 6.47 Å². The van der Waals surface area contributed by atoms with Gasteiger partial charge in [-0.2, -0.15) is 0 Å². The smallest absolute Gasteiger partial charge is 0.290 e. The maximum absolute atomic E-state index is 8.36. The van der Waals surface area contributed by atoms with Crippen molar-refractivity contribution in [1.29, 1.82) is 0 Å². The highest BCUT2D eigenvalue weighted by atomic mass is 79.9. The van der Waals surface area contributed by atoms with E-state index in [0.29, 0.717) is 5.15 Å². The third kappa shape index (κ3) is 5.82. The number of nitrogens with zero attached hydrogens (tertiary/aromatic N) is 1. The molecule has 1 N–H and O–H groups in total. The largest absolute Gasteiger partial charge is 0.483 e. The molecule has 0 unspecified atom stereocenters. The highest BCUT2D eigenvalue weighted by molar-refractivity contribution is 9.10. The molecule has 0 aliphatic carbocycles. The molecule has 0 atom stereocenters. The van der Waals surface area contributed by atoms with E-state index in [1.165, 1.54) is 0 Å². The number of hydrogen-bond donors (Lipinski definition) is 1. The molecular formula is C6H5BrClNO2. The van der Waals surface area contributed by atoms with Crippen LogP contribution in [0.25, 0.3) is 0 Å². The minimum atomic E-state index is -0.250. The first-order valence-corrected chi connectivity index (χ1v) is 3.72. The minimum absolute atomic E-state index is 0.250. The molecular weight excluding hydrogens is 233 g/mol. The van der Waals surface area contributed by atoms with Gasteiger partial charge in [-0.3, -0.25) is 4.79 Å². The molecule has 0 bridgehead atoms. The summed E-state index contributed by atoms with van der Waals surface area (Å²) in [6, 6.07) is 3.57. The summed E-state index contributed by atoms with van der Waals surface area (Å²) < 4.78 is 0.946. The first-order chi connectivity index (χ1) is 5.20. The highest BCUT2D eigenvalue weighted by Gasteiger charge is 1.84. The molecule has 0 radical (unpaired) electrons. The van der Waals surface area contributed by atoms with Crippen LogP contribution in [0.1, 0.15) is 0 Å². The van der Waals surface area contributed by atoms with Crippen molar-refractivity contribution in [2.45, 2.75) is 0 Å². The summed E-state index contributed by atoms with van der Waals surface area (Å²) in [5.74, 6) is 0. The van der Waals surface area contributed by atoms with Gasteiger partial charge in [-0.25, -0.2) is 4.98 Å². The quantitative estimate of drug-likeness (QED) is 0.557. The molecule has 0 amide bonds. The number of rotatable bonds is 0. The summed E-state index contributed by atoms with van der Waals surface area (Å²) in [6.07, 6.45) is 1.66. The zero-order chi connectivity index (χ0) is 8.69. The van der Waals surface area contributed by atoms with Crippen molar-refractivity contribution in [3.8, 4) is 0 Å². The Morgan fingerprint density at radius 1 is 1.64 bits per heavy atom. The normalized spacial score (nSPS) is 7.82. The average molecular weight is 238 g/mol. The molecule has 3 nitrogen and oxygen atoms in total. The molecule has 0 aliphatic heterocycles. The lowest BCUT2D eigenvalue weighted by Gasteiger charge is -1.85. The Morgan fingerprint density at radius 3 is 2.45 bits per heavy atom. The summed E-state index contributed by atoms with van der Waals surface area (Å²) in [5.41, 5.74) is 0. The fourth-order valence-corrected chi connectivity index (χ4v) is 0.704. The van der Waals surface area contributed by atoms with Gasteiger partial charge < -0.3 is 5.11 Å². The molecule has 0 saturated carbocycles. The molecule has 1 rings (SSSR count). The monoisotopic (exact) mass is 237 g/mol. The lowest BCUT2D eigenvalue weighted by Crippen LogP contribution is -1.69. The molecule has 0 aromatic carbocycles. The molecule has 0 fully saturated rings. The molecule has 1 heterocycles. The van der Waals surface area contributed by atoms with E-state index in [0.717, 1.165) is 4.47 Å². The van der Waals surface area contributed by atoms with E-state index in [1.807, 2.05) is 6.07 Å². The molecule has 5 heteroatoms. The van der Waals surface area contributed by atoms with E-state index in [1.54, 1.807) is 12.3 Å². The van der Waals surface area contributed by atoms with Crippen molar-refractivity contribution in [1.82, 2.24) is 4.98 Å².